The number of aromatic carboxylic acids is 1. The number of hydrogen-bond acceptors (Lipinski definition) is 3. The standard InChI is InChI=1S/C12H10F2N2O3/c1-2-19-9-4-3-6(10(13)11(9)14)7-5-8(12(17)18)16-15-7/h3-5H,2H2,1H3,(H,15,16)(H,17,18). The number of carbonyl (C=O) groups is 1. The van der Waals surface area contributed by atoms with E-state index in [0.29, 0.717) is 0 Å². The van der Waals surface area contributed by atoms with E-state index in [-0.39, 0.29) is 29.3 Å². The molecule has 0 saturated heterocycles. The van der Waals surface area contributed by atoms with Crippen LogP contribution in [-0.4, -0.2) is 27.9 Å². The Hall–Kier alpha value is -2.44. The molecule has 0 radical (unpaired) electrons. The van der Waals surface area contributed by atoms with E-state index < -0.39 is 17.6 Å². The summed E-state index contributed by atoms with van der Waals surface area (Å²) in [5.41, 5.74) is -0.328. The lowest BCUT2D eigenvalue weighted by Crippen LogP contribution is -1.98. The molecule has 0 unspecified atom stereocenters. The summed E-state index contributed by atoms with van der Waals surface area (Å²) >= 11 is 0. The summed E-state index contributed by atoms with van der Waals surface area (Å²) in [6.45, 7) is 1.86. The van der Waals surface area contributed by atoms with E-state index in [4.69, 9.17) is 9.84 Å². The molecule has 0 aliphatic carbocycles. The maximum Gasteiger partial charge on any atom is 0.353 e. The first kappa shape index (κ1) is 13.0. The fourth-order valence-electron chi connectivity index (χ4n) is 1.57. The third-order valence-corrected chi connectivity index (χ3v) is 2.43. The molecule has 2 N–H and O–H groups in total. The molecule has 0 aliphatic rings. The Morgan fingerprint density at radius 2 is 2.16 bits per heavy atom. The van der Waals surface area contributed by atoms with E-state index in [1.807, 2.05) is 0 Å². The molecule has 0 aliphatic heterocycles. The Kier molecular flexibility index (Phi) is 3.46. The SMILES string of the molecule is CCOc1ccc(-c2cc(C(=O)O)[nH]n2)c(F)c1F. The summed E-state index contributed by atoms with van der Waals surface area (Å²) < 4.78 is 32.4. The van der Waals surface area contributed by atoms with Gasteiger partial charge in [0.25, 0.3) is 0 Å². The smallest absolute Gasteiger partial charge is 0.353 e. The fourth-order valence-corrected chi connectivity index (χ4v) is 1.57. The second kappa shape index (κ2) is 5.05. The Morgan fingerprint density at radius 3 is 2.74 bits per heavy atom. The van der Waals surface area contributed by atoms with Crippen LogP contribution >= 0.6 is 0 Å². The Morgan fingerprint density at radius 1 is 1.42 bits per heavy atom. The number of benzene rings is 1. The summed E-state index contributed by atoms with van der Waals surface area (Å²) in [7, 11) is 0. The highest BCUT2D eigenvalue weighted by Gasteiger charge is 2.18. The van der Waals surface area contributed by atoms with Crippen LogP contribution in [0.15, 0.2) is 18.2 Å². The molecule has 100 valence electrons. The van der Waals surface area contributed by atoms with Crippen molar-refractivity contribution in [3.05, 3.63) is 35.5 Å². The number of ether oxygens (including phenoxy) is 1. The lowest BCUT2D eigenvalue weighted by atomic mass is 10.1. The molecule has 2 aromatic rings. The van der Waals surface area contributed by atoms with Crippen molar-refractivity contribution >= 4 is 5.97 Å². The summed E-state index contributed by atoms with van der Waals surface area (Å²) in [5, 5.41) is 14.6. The van der Waals surface area contributed by atoms with Crippen molar-refractivity contribution in [2.75, 3.05) is 6.61 Å². The number of carboxylic acids is 1. The summed E-state index contributed by atoms with van der Waals surface area (Å²) in [6, 6.07) is 3.68. The van der Waals surface area contributed by atoms with Gasteiger partial charge in [-0.25, -0.2) is 9.18 Å². The molecule has 0 spiro atoms. The molecule has 1 aromatic heterocycles. The van der Waals surface area contributed by atoms with Crippen LogP contribution < -0.4 is 4.74 Å². The molecule has 1 aromatic carbocycles. The van der Waals surface area contributed by atoms with Gasteiger partial charge in [-0.1, -0.05) is 0 Å². The van der Waals surface area contributed by atoms with E-state index in [1.54, 1.807) is 6.92 Å². The molecular formula is C12H10F2N2O3. The first-order valence-corrected chi connectivity index (χ1v) is 5.44. The number of aromatic nitrogens is 2. The molecule has 0 bridgehead atoms. The molecule has 5 nitrogen and oxygen atoms in total. The number of nitrogens with zero attached hydrogens (tertiary/aromatic N) is 1. The van der Waals surface area contributed by atoms with E-state index in [9.17, 15) is 13.6 Å². The molecule has 7 heteroatoms. The van der Waals surface area contributed by atoms with Crippen LogP contribution in [-0.2, 0) is 0 Å². The van der Waals surface area contributed by atoms with Crippen molar-refractivity contribution in [2.45, 2.75) is 6.92 Å². The van der Waals surface area contributed by atoms with Crippen molar-refractivity contribution in [3.63, 3.8) is 0 Å². The van der Waals surface area contributed by atoms with E-state index in [2.05, 4.69) is 10.2 Å². The molecule has 0 saturated carbocycles. The van der Waals surface area contributed by atoms with Crippen molar-refractivity contribution in [1.82, 2.24) is 10.2 Å². The van der Waals surface area contributed by atoms with Crippen LogP contribution in [0.1, 0.15) is 17.4 Å². The summed E-state index contributed by atoms with van der Waals surface area (Å²) in [5.74, 6) is -3.68. The van der Waals surface area contributed by atoms with Crippen LogP contribution in [0.4, 0.5) is 8.78 Å². The van der Waals surface area contributed by atoms with Crippen LogP contribution in [0, 0.1) is 11.6 Å². The zero-order valence-electron chi connectivity index (χ0n) is 9.91. The van der Waals surface area contributed by atoms with Gasteiger partial charge < -0.3 is 9.84 Å². The van der Waals surface area contributed by atoms with Gasteiger partial charge in [-0.05, 0) is 25.1 Å². The number of nitrogens with one attached hydrogen (secondary N) is 1. The average molecular weight is 268 g/mol. The Balaban J connectivity index is 2.45. The van der Waals surface area contributed by atoms with Gasteiger partial charge in [-0.2, -0.15) is 9.49 Å². The molecule has 0 amide bonds. The van der Waals surface area contributed by atoms with E-state index in [0.717, 1.165) is 6.07 Å². The molecule has 2 rings (SSSR count). The molecule has 19 heavy (non-hydrogen) atoms. The summed E-state index contributed by atoms with van der Waals surface area (Å²) in [4.78, 5) is 10.7. The monoisotopic (exact) mass is 268 g/mol. The zero-order chi connectivity index (χ0) is 14.0. The average Bonchev–Trinajstić information content (AvgIpc) is 2.85. The minimum Gasteiger partial charge on any atom is -0.491 e. The van der Waals surface area contributed by atoms with Crippen molar-refractivity contribution in [2.24, 2.45) is 0 Å². The highest BCUT2D eigenvalue weighted by atomic mass is 19.2. The number of halogens is 2. The largest absolute Gasteiger partial charge is 0.491 e. The number of carboxylic acid groups (broad SMARTS) is 1. The van der Waals surface area contributed by atoms with Gasteiger partial charge in [0, 0.05) is 5.56 Å². The second-order valence-corrected chi connectivity index (χ2v) is 3.64. The quantitative estimate of drug-likeness (QED) is 0.893. The van der Waals surface area contributed by atoms with Crippen molar-refractivity contribution in [1.29, 1.82) is 0 Å². The number of rotatable bonds is 4. The zero-order valence-corrected chi connectivity index (χ0v) is 9.91. The fraction of sp³-hybridized carbons (Fsp3) is 0.167. The minimum atomic E-state index is -1.23. The molecule has 0 atom stereocenters. The van der Waals surface area contributed by atoms with Gasteiger partial charge in [0.05, 0.1) is 12.3 Å². The van der Waals surface area contributed by atoms with Gasteiger partial charge in [-0.15, -0.1) is 0 Å². The van der Waals surface area contributed by atoms with Crippen molar-refractivity contribution in [3.8, 4) is 17.0 Å². The number of aromatic amines is 1. The van der Waals surface area contributed by atoms with Gasteiger partial charge in [0.15, 0.2) is 11.6 Å². The van der Waals surface area contributed by atoms with E-state index in [1.165, 1.54) is 12.1 Å². The Bertz CT molecular complexity index is 625. The van der Waals surface area contributed by atoms with Gasteiger partial charge in [0.1, 0.15) is 5.69 Å². The first-order chi connectivity index (χ1) is 9.04. The van der Waals surface area contributed by atoms with Gasteiger partial charge in [0.2, 0.25) is 5.82 Å². The predicted molar refractivity (Wildman–Crippen MR) is 62.1 cm³/mol. The maximum absolute atomic E-state index is 13.8. The lowest BCUT2D eigenvalue weighted by Gasteiger charge is -2.07. The number of H-pyrrole nitrogens is 1. The summed E-state index contributed by atoms with van der Waals surface area (Å²) in [6.07, 6.45) is 0. The van der Waals surface area contributed by atoms with Crippen molar-refractivity contribution < 1.29 is 23.4 Å². The van der Waals surface area contributed by atoms with E-state index >= 15 is 0 Å². The topological polar surface area (TPSA) is 75.2 Å². The Labute approximate surface area is 106 Å². The predicted octanol–water partition coefficient (Wildman–Crippen LogP) is 2.45. The molecule has 0 fully saturated rings. The minimum absolute atomic E-state index is 0.0110. The normalized spacial score (nSPS) is 10.5. The van der Waals surface area contributed by atoms with Crippen LogP contribution in [0.2, 0.25) is 0 Å². The third-order valence-electron chi connectivity index (χ3n) is 2.43. The lowest BCUT2D eigenvalue weighted by molar-refractivity contribution is 0.0690. The number of hydrogen-bond donors (Lipinski definition) is 2. The van der Waals surface area contributed by atoms with Gasteiger partial charge in [-0.3, -0.25) is 5.10 Å². The van der Waals surface area contributed by atoms with Crippen LogP contribution in [0.3, 0.4) is 0 Å². The highest BCUT2D eigenvalue weighted by Crippen LogP contribution is 2.29. The van der Waals surface area contributed by atoms with Crippen LogP contribution in [0.5, 0.6) is 5.75 Å². The first-order valence-electron chi connectivity index (χ1n) is 5.44. The van der Waals surface area contributed by atoms with Gasteiger partial charge >= 0.3 is 5.97 Å². The molecule has 1 heterocycles. The van der Waals surface area contributed by atoms with Crippen LogP contribution in [0.25, 0.3) is 11.3 Å². The molecular weight excluding hydrogens is 258 g/mol. The maximum atomic E-state index is 13.8. The third kappa shape index (κ3) is 2.40. The second-order valence-electron chi connectivity index (χ2n) is 3.64. The highest BCUT2D eigenvalue weighted by molar-refractivity contribution is 5.86.